The van der Waals surface area contributed by atoms with Crippen LogP contribution < -0.4 is 11.1 Å². The minimum absolute atomic E-state index is 0.0202. The van der Waals surface area contributed by atoms with Crippen LogP contribution >= 0.6 is 0 Å². The Morgan fingerprint density at radius 1 is 1.42 bits per heavy atom. The molecule has 19 heavy (non-hydrogen) atoms. The molecule has 0 bridgehead atoms. The molecule has 1 aromatic carbocycles. The van der Waals surface area contributed by atoms with Gasteiger partial charge in [-0.2, -0.15) is 0 Å². The highest BCUT2D eigenvalue weighted by Crippen LogP contribution is 2.19. The molecular weight excluding hydrogens is 236 g/mol. The van der Waals surface area contributed by atoms with E-state index in [1.165, 1.54) is 12.8 Å². The van der Waals surface area contributed by atoms with Crippen molar-refractivity contribution in [2.75, 3.05) is 6.54 Å². The molecule has 0 heterocycles. The molecule has 1 aromatic rings. The van der Waals surface area contributed by atoms with Crippen molar-refractivity contribution in [2.45, 2.75) is 38.6 Å². The van der Waals surface area contributed by atoms with Crippen molar-refractivity contribution < 1.29 is 4.79 Å². The average molecular weight is 256 g/mol. The van der Waals surface area contributed by atoms with Gasteiger partial charge in [0, 0.05) is 11.6 Å². The molecule has 0 radical (unpaired) electrons. The SMILES string of the molecule is Cc1ccc(C(=O)NC2CCCC2)c(C#CCN)c1. The fraction of sp³-hybridized carbons (Fsp3) is 0.438. The van der Waals surface area contributed by atoms with Crippen LogP contribution in [0.2, 0.25) is 0 Å². The molecule has 1 saturated carbocycles. The van der Waals surface area contributed by atoms with E-state index >= 15 is 0 Å². The fourth-order valence-corrected chi connectivity index (χ4v) is 2.44. The Morgan fingerprint density at radius 2 is 2.16 bits per heavy atom. The molecule has 1 aliphatic rings. The van der Waals surface area contributed by atoms with Gasteiger partial charge >= 0.3 is 0 Å². The van der Waals surface area contributed by atoms with E-state index < -0.39 is 0 Å². The second kappa shape index (κ2) is 6.40. The Balaban J connectivity index is 2.19. The fourth-order valence-electron chi connectivity index (χ4n) is 2.44. The lowest BCUT2D eigenvalue weighted by atomic mass is 10.0. The summed E-state index contributed by atoms with van der Waals surface area (Å²) in [5.41, 5.74) is 7.91. The van der Waals surface area contributed by atoms with Gasteiger partial charge in [-0.25, -0.2) is 0 Å². The van der Waals surface area contributed by atoms with E-state index in [1.54, 1.807) is 0 Å². The number of benzene rings is 1. The predicted molar refractivity (Wildman–Crippen MR) is 76.8 cm³/mol. The van der Waals surface area contributed by atoms with Crippen LogP contribution in [-0.4, -0.2) is 18.5 Å². The molecule has 0 saturated heterocycles. The number of amides is 1. The lowest BCUT2D eigenvalue weighted by Crippen LogP contribution is -2.33. The average Bonchev–Trinajstić information content (AvgIpc) is 2.89. The third-order valence-corrected chi connectivity index (χ3v) is 3.44. The van der Waals surface area contributed by atoms with Crippen LogP contribution in [-0.2, 0) is 0 Å². The van der Waals surface area contributed by atoms with E-state index in [1.807, 2.05) is 25.1 Å². The van der Waals surface area contributed by atoms with E-state index in [9.17, 15) is 4.79 Å². The molecule has 2 rings (SSSR count). The highest BCUT2D eigenvalue weighted by atomic mass is 16.1. The maximum absolute atomic E-state index is 12.3. The molecule has 0 aromatic heterocycles. The molecule has 0 unspecified atom stereocenters. The van der Waals surface area contributed by atoms with Crippen LogP contribution in [0, 0.1) is 18.8 Å². The minimum atomic E-state index is -0.0202. The lowest BCUT2D eigenvalue weighted by molar-refractivity contribution is 0.0937. The molecule has 0 atom stereocenters. The number of hydrogen-bond acceptors (Lipinski definition) is 2. The number of carbonyl (C=O) groups is 1. The smallest absolute Gasteiger partial charge is 0.252 e. The van der Waals surface area contributed by atoms with Crippen molar-refractivity contribution in [3.05, 3.63) is 34.9 Å². The Morgan fingerprint density at radius 3 is 2.84 bits per heavy atom. The van der Waals surface area contributed by atoms with Crippen molar-refractivity contribution in [2.24, 2.45) is 5.73 Å². The maximum Gasteiger partial charge on any atom is 0.252 e. The number of hydrogen-bond donors (Lipinski definition) is 2. The van der Waals surface area contributed by atoms with Crippen LogP contribution in [0.1, 0.15) is 47.2 Å². The molecule has 1 amide bonds. The van der Waals surface area contributed by atoms with Gasteiger partial charge in [-0.1, -0.05) is 30.7 Å². The first-order chi connectivity index (χ1) is 9.20. The first-order valence-corrected chi connectivity index (χ1v) is 6.81. The van der Waals surface area contributed by atoms with Crippen LogP contribution in [0.5, 0.6) is 0 Å². The highest BCUT2D eigenvalue weighted by Gasteiger charge is 2.19. The Hall–Kier alpha value is -1.79. The van der Waals surface area contributed by atoms with Gasteiger partial charge in [-0.15, -0.1) is 0 Å². The van der Waals surface area contributed by atoms with Crippen molar-refractivity contribution in [3.63, 3.8) is 0 Å². The minimum Gasteiger partial charge on any atom is -0.349 e. The molecule has 3 heteroatoms. The molecule has 100 valence electrons. The number of nitrogens with one attached hydrogen (secondary N) is 1. The largest absolute Gasteiger partial charge is 0.349 e. The van der Waals surface area contributed by atoms with Crippen molar-refractivity contribution in [1.82, 2.24) is 5.32 Å². The Kier molecular flexibility index (Phi) is 4.59. The first-order valence-electron chi connectivity index (χ1n) is 6.81. The zero-order chi connectivity index (χ0) is 13.7. The van der Waals surface area contributed by atoms with Gasteiger partial charge in [0.15, 0.2) is 0 Å². The third-order valence-electron chi connectivity index (χ3n) is 3.44. The van der Waals surface area contributed by atoms with Crippen LogP contribution in [0.3, 0.4) is 0 Å². The predicted octanol–water partition coefficient (Wildman–Crippen LogP) is 1.98. The third kappa shape index (κ3) is 3.59. The van der Waals surface area contributed by atoms with Crippen molar-refractivity contribution >= 4 is 5.91 Å². The summed E-state index contributed by atoms with van der Waals surface area (Å²) in [6.45, 7) is 2.30. The monoisotopic (exact) mass is 256 g/mol. The maximum atomic E-state index is 12.3. The summed E-state index contributed by atoms with van der Waals surface area (Å²) < 4.78 is 0. The standard InChI is InChI=1S/C16H20N2O/c1-12-8-9-15(13(11-12)5-4-10-17)16(19)18-14-6-2-3-7-14/h8-9,11,14H,2-3,6-7,10,17H2,1H3,(H,18,19). The normalized spacial score (nSPS) is 14.8. The summed E-state index contributed by atoms with van der Waals surface area (Å²) in [6, 6.07) is 6.05. The van der Waals surface area contributed by atoms with E-state index in [-0.39, 0.29) is 5.91 Å². The van der Waals surface area contributed by atoms with E-state index in [2.05, 4.69) is 17.2 Å². The van der Waals surface area contributed by atoms with Crippen LogP contribution in [0.4, 0.5) is 0 Å². The Labute approximate surface area is 114 Å². The van der Waals surface area contributed by atoms with E-state index in [4.69, 9.17) is 5.73 Å². The number of nitrogens with two attached hydrogens (primary N) is 1. The molecule has 1 aliphatic carbocycles. The van der Waals surface area contributed by atoms with Gasteiger partial charge in [0.1, 0.15) is 0 Å². The highest BCUT2D eigenvalue weighted by molar-refractivity contribution is 5.97. The van der Waals surface area contributed by atoms with Gasteiger partial charge in [-0.3, -0.25) is 4.79 Å². The van der Waals surface area contributed by atoms with Crippen molar-refractivity contribution in [3.8, 4) is 11.8 Å². The van der Waals surface area contributed by atoms with Gasteiger partial charge < -0.3 is 11.1 Å². The summed E-state index contributed by atoms with van der Waals surface area (Å²) >= 11 is 0. The second-order valence-corrected chi connectivity index (χ2v) is 5.01. The summed E-state index contributed by atoms with van der Waals surface area (Å²) in [5, 5.41) is 3.09. The number of carbonyl (C=O) groups excluding carboxylic acids is 1. The summed E-state index contributed by atoms with van der Waals surface area (Å²) in [4.78, 5) is 12.3. The second-order valence-electron chi connectivity index (χ2n) is 5.01. The quantitative estimate of drug-likeness (QED) is 0.795. The number of rotatable bonds is 2. The van der Waals surface area contributed by atoms with Crippen molar-refractivity contribution in [1.29, 1.82) is 0 Å². The summed E-state index contributed by atoms with van der Waals surface area (Å²) in [5.74, 6) is 5.78. The van der Waals surface area contributed by atoms with E-state index in [0.717, 1.165) is 24.0 Å². The topological polar surface area (TPSA) is 55.1 Å². The molecule has 0 spiro atoms. The van der Waals surface area contributed by atoms with Gasteiger partial charge in [-0.05, 0) is 37.5 Å². The molecule has 3 N–H and O–H groups in total. The molecule has 1 fully saturated rings. The molecule has 3 nitrogen and oxygen atoms in total. The van der Waals surface area contributed by atoms with Gasteiger partial charge in [0.25, 0.3) is 5.91 Å². The molecule has 0 aliphatic heterocycles. The zero-order valence-corrected chi connectivity index (χ0v) is 11.3. The molecular formula is C16H20N2O. The first kappa shape index (κ1) is 13.6. The van der Waals surface area contributed by atoms with E-state index in [0.29, 0.717) is 18.2 Å². The van der Waals surface area contributed by atoms with Gasteiger partial charge in [0.05, 0.1) is 12.1 Å². The Bertz CT molecular complexity index is 519. The van der Waals surface area contributed by atoms with Crippen LogP contribution in [0.15, 0.2) is 18.2 Å². The number of aryl methyl sites for hydroxylation is 1. The van der Waals surface area contributed by atoms with Crippen LogP contribution in [0.25, 0.3) is 0 Å². The lowest BCUT2D eigenvalue weighted by Gasteiger charge is -2.13. The van der Waals surface area contributed by atoms with Gasteiger partial charge in [0.2, 0.25) is 0 Å². The summed E-state index contributed by atoms with van der Waals surface area (Å²) in [6.07, 6.45) is 4.58. The zero-order valence-electron chi connectivity index (χ0n) is 11.3. The summed E-state index contributed by atoms with van der Waals surface area (Å²) in [7, 11) is 0.